The van der Waals surface area contributed by atoms with Gasteiger partial charge in [0.1, 0.15) is 5.69 Å². The molecule has 172 valence electrons. The van der Waals surface area contributed by atoms with Gasteiger partial charge < -0.3 is 14.5 Å². The summed E-state index contributed by atoms with van der Waals surface area (Å²) < 4.78 is 5.29. The minimum atomic E-state index is -0.681. The van der Waals surface area contributed by atoms with E-state index in [0.717, 1.165) is 5.69 Å². The molecular weight excluding hydrogens is 430 g/mol. The van der Waals surface area contributed by atoms with Gasteiger partial charge in [-0.25, -0.2) is 4.79 Å². The van der Waals surface area contributed by atoms with E-state index in [1.165, 1.54) is 4.90 Å². The van der Waals surface area contributed by atoms with E-state index in [-0.39, 0.29) is 18.5 Å². The van der Waals surface area contributed by atoms with Crippen LogP contribution in [0.1, 0.15) is 16.8 Å². The van der Waals surface area contributed by atoms with Crippen LogP contribution in [0.2, 0.25) is 0 Å². The number of esters is 1. The van der Waals surface area contributed by atoms with E-state index >= 15 is 0 Å². The molecule has 0 aliphatic heterocycles. The second kappa shape index (κ2) is 11.9. The number of ether oxygens (including phenoxy) is 1. The van der Waals surface area contributed by atoms with Crippen molar-refractivity contribution in [2.24, 2.45) is 10.2 Å². The Morgan fingerprint density at radius 1 is 0.882 bits per heavy atom. The molecule has 3 aromatic rings. The van der Waals surface area contributed by atoms with Crippen LogP contribution in [0.5, 0.6) is 0 Å². The molecule has 0 fully saturated rings. The highest BCUT2D eigenvalue weighted by molar-refractivity contribution is 5.99. The molecule has 0 bridgehead atoms. The molecule has 3 rings (SSSR count). The van der Waals surface area contributed by atoms with Crippen LogP contribution in [0.15, 0.2) is 89.1 Å². The highest BCUT2D eigenvalue weighted by atomic mass is 16.5. The number of rotatable bonds is 9. The summed E-state index contributed by atoms with van der Waals surface area (Å²) >= 11 is 0. The number of anilines is 2. The number of carbonyl (C=O) groups excluding carboxylic acids is 2. The maximum atomic E-state index is 12.8. The van der Waals surface area contributed by atoms with Gasteiger partial charge in [0.2, 0.25) is 0 Å². The van der Waals surface area contributed by atoms with Gasteiger partial charge in [0.15, 0.2) is 6.61 Å². The Labute approximate surface area is 198 Å². The molecule has 0 atom stereocenters. The third kappa shape index (κ3) is 6.50. The highest BCUT2D eigenvalue weighted by Crippen LogP contribution is 2.24. The van der Waals surface area contributed by atoms with Crippen LogP contribution in [0.4, 0.5) is 22.7 Å². The number of benzene rings is 3. The zero-order valence-corrected chi connectivity index (χ0v) is 19.1. The summed E-state index contributed by atoms with van der Waals surface area (Å²) in [6, 6.07) is 25.1. The first-order chi connectivity index (χ1) is 16.5. The smallest absolute Gasteiger partial charge is 0.340 e. The van der Waals surface area contributed by atoms with E-state index < -0.39 is 18.5 Å². The van der Waals surface area contributed by atoms with Crippen molar-refractivity contribution < 1.29 is 14.3 Å². The van der Waals surface area contributed by atoms with E-state index in [9.17, 15) is 9.59 Å². The summed E-state index contributed by atoms with van der Waals surface area (Å²) in [5.74, 6) is -1.10. The minimum absolute atomic E-state index is 0.160. The monoisotopic (exact) mass is 455 g/mol. The number of nitriles is 1. The molecular formula is C26H25N5O3. The van der Waals surface area contributed by atoms with Gasteiger partial charge in [-0.3, -0.25) is 4.79 Å². The Bertz CT molecular complexity index is 1190. The number of azo groups is 1. The molecule has 0 radical (unpaired) electrons. The van der Waals surface area contributed by atoms with Gasteiger partial charge >= 0.3 is 5.97 Å². The van der Waals surface area contributed by atoms with Gasteiger partial charge in [-0.05, 0) is 48.5 Å². The first kappa shape index (κ1) is 24.1. The van der Waals surface area contributed by atoms with Gasteiger partial charge in [-0.15, -0.1) is 5.11 Å². The maximum Gasteiger partial charge on any atom is 0.340 e. The molecule has 0 saturated heterocycles. The van der Waals surface area contributed by atoms with Crippen molar-refractivity contribution in [3.05, 3.63) is 84.4 Å². The Hall–Kier alpha value is -4.51. The Balaban J connectivity index is 1.69. The molecule has 3 aromatic carbocycles. The molecule has 34 heavy (non-hydrogen) atoms. The zero-order chi connectivity index (χ0) is 24.3. The summed E-state index contributed by atoms with van der Waals surface area (Å²) in [7, 11) is 3.90. The van der Waals surface area contributed by atoms with E-state index in [1.54, 1.807) is 48.5 Å². The third-order valence-electron chi connectivity index (χ3n) is 4.91. The van der Waals surface area contributed by atoms with E-state index in [2.05, 4.69) is 10.2 Å². The van der Waals surface area contributed by atoms with Crippen LogP contribution in [0.25, 0.3) is 0 Å². The van der Waals surface area contributed by atoms with Crippen LogP contribution in [0.3, 0.4) is 0 Å². The quantitative estimate of drug-likeness (QED) is 0.323. The van der Waals surface area contributed by atoms with Gasteiger partial charge in [0, 0.05) is 32.0 Å². The lowest BCUT2D eigenvalue weighted by molar-refractivity contribution is -0.121. The fraction of sp³-hybridized carbons (Fsp3) is 0.192. The summed E-state index contributed by atoms with van der Waals surface area (Å²) in [4.78, 5) is 28.9. The molecule has 8 heteroatoms. The molecule has 0 unspecified atom stereocenters. The van der Waals surface area contributed by atoms with Crippen LogP contribution >= 0.6 is 0 Å². The van der Waals surface area contributed by atoms with Gasteiger partial charge in [0.05, 0.1) is 23.7 Å². The number of amides is 1. The second-order valence-electron chi connectivity index (χ2n) is 7.49. The number of hydrogen-bond donors (Lipinski definition) is 0. The van der Waals surface area contributed by atoms with Crippen molar-refractivity contribution in [3.63, 3.8) is 0 Å². The highest BCUT2D eigenvalue weighted by Gasteiger charge is 2.19. The second-order valence-corrected chi connectivity index (χ2v) is 7.49. The Kier molecular flexibility index (Phi) is 8.47. The largest absolute Gasteiger partial charge is 0.452 e. The SMILES string of the molecule is CN(C)c1ccc(N=Nc2ccccc2C(=O)OCC(=O)N(CCC#N)c2ccccc2)cc1. The maximum absolute atomic E-state index is 12.8. The molecule has 0 heterocycles. The van der Waals surface area contributed by atoms with Crippen molar-refractivity contribution in [2.75, 3.05) is 37.0 Å². The number of para-hydroxylation sites is 1. The summed E-state index contributed by atoms with van der Waals surface area (Å²) in [5.41, 5.74) is 2.84. The van der Waals surface area contributed by atoms with Crippen molar-refractivity contribution in [3.8, 4) is 6.07 Å². The van der Waals surface area contributed by atoms with Gasteiger partial charge in [0.25, 0.3) is 5.91 Å². The lowest BCUT2D eigenvalue weighted by Crippen LogP contribution is -2.35. The third-order valence-corrected chi connectivity index (χ3v) is 4.91. The first-order valence-corrected chi connectivity index (χ1v) is 10.7. The number of nitrogens with zero attached hydrogens (tertiary/aromatic N) is 5. The van der Waals surface area contributed by atoms with Crippen LogP contribution in [-0.2, 0) is 9.53 Å². The summed E-state index contributed by atoms with van der Waals surface area (Å²) in [5, 5.41) is 17.3. The molecule has 0 N–H and O–H groups in total. The fourth-order valence-corrected chi connectivity index (χ4v) is 3.11. The van der Waals surface area contributed by atoms with Crippen LogP contribution in [-0.4, -0.2) is 39.1 Å². The lowest BCUT2D eigenvalue weighted by Gasteiger charge is -2.21. The molecule has 0 spiro atoms. The molecule has 0 aliphatic carbocycles. The summed E-state index contributed by atoms with van der Waals surface area (Å²) in [6.07, 6.45) is 0.160. The Morgan fingerprint density at radius 3 is 2.24 bits per heavy atom. The molecule has 0 aromatic heterocycles. The lowest BCUT2D eigenvalue weighted by atomic mass is 10.2. The molecule has 1 amide bonds. The van der Waals surface area contributed by atoms with E-state index in [4.69, 9.17) is 10.00 Å². The molecule has 0 aliphatic rings. The summed E-state index contributed by atoms with van der Waals surface area (Å²) in [6.45, 7) is -0.259. The van der Waals surface area contributed by atoms with Crippen molar-refractivity contribution in [1.82, 2.24) is 0 Å². The first-order valence-electron chi connectivity index (χ1n) is 10.7. The van der Waals surface area contributed by atoms with Gasteiger partial charge in [-0.1, -0.05) is 30.3 Å². The van der Waals surface area contributed by atoms with Crippen molar-refractivity contribution in [1.29, 1.82) is 5.26 Å². The van der Waals surface area contributed by atoms with Crippen LogP contribution in [0, 0.1) is 11.3 Å². The average Bonchev–Trinajstić information content (AvgIpc) is 2.87. The normalized spacial score (nSPS) is 10.5. The average molecular weight is 456 g/mol. The number of hydrogen-bond acceptors (Lipinski definition) is 7. The predicted octanol–water partition coefficient (Wildman–Crippen LogP) is 5.27. The number of carbonyl (C=O) groups is 2. The molecule has 8 nitrogen and oxygen atoms in total. The predicted molar refractivity (Wildman–Crippen MR) is 131 cm³/mol. The van der Waals surface area contributed by atoms with Crippen molar-refractivity contribution >= 4 is 34.6 Å². The minimum Gasteiger partial charge on any atom is -0.452 e. The van der Waals surface area contributed by atoms with Crippen molar-refractivity contribution in [2.45, 2.75) is 6.42 Å². The fourth-order valence-electron chi connectivity index (χ4n) is 3.11. The van der Waals surface area contributed by atoms with E-state index in [1.807, 2.05) is 55.4 Å². The van der Waals surface area contributed by atoms with Crippen LogP contribution < -0.4 is 9.80 Å². The zero-order valence-electron chi connectivity index (χ0n) is 19.1. The van der Waals surface area contributed by atoms with Gasteiger partial charge in [-0.2, -0.15) is 10.4 Å². The topological polar surface area (TPSA) is 98.4 Å². The standard InChI is InChI=1S/C26H25N5O3/c1-30(2)21-15-13-20(14-16-21)28-29-24-12-7-6-11-23(24)26(33)34-19-25(32)31(18-8-17-27)22-9-4-3-5-10-22/h3-7,9-16H,8,18-19H2,1-2H3. The Morgan fingerprint density at radius 2 is 1.56 bits per heavy atom. The van der Waals surface area contributed by atoms with E-state index in [0.29, 0.717) is 17.1 Å². The molecule has 0 saturated carbocycles.